The molecular weight excluding hydrogens is 391 g/mol. The monoisotopic (exact) mass is 410 g/mol. The van der Waals surface area contributed by atoms with Gasteiger partial charge in [-0.1, -0.05) is 53.0 Å². The lowest BCUT2D eigenvalue weighted by Gasteiger charge is -2.18. The number of carbonyl (C=O) groups excluding carboxylic acids is 2. The second-order valence-electron chi connectivity index (χ2n) is 5.87. The molecule has 26 heavy (non-hydrogen) atoms. The predicted octanol–water partition coefficient (Wildman–Crippen LogP) is 4.63. The van der Waals surface area contributed by atoms with Gasteiger partial charge in [0.05, 0.1) is 21.6 Å². The first kappa shape index (κ1) is 20.6. The third-order valence-electron chi connectivity index (χ3n) is 3.66. The van der Waals surface area contributed by atoms with E-state index in [0.717, 1.165) is 16.8 Å². The molecule has 7 heteroatoms. The van der Waals surface area contributed by atoms with Gasteiger partial charge in [-0.2, -0.15) is 0 Å². The standard InChI is InChI=1S/C19H20Cl2N2O2S/c1-13-6-8-15(9-7-13)22-17(24)11-26-12-18(25)23(2)10-14-4-3-5-16(20)19(14)21/h3-9H,10-12H2,1-2H3,(H,22,24). The second kappa shape index (κ2) is 9.86. The van der Waals surface area contributed by atoms with Crippen LogP contribution in [0.4, 0.5) is 5.69 Å². The molecule has 0 saturated heterocycles. The number of rotatable bonds is 7. The van der Waals surface area contributed by atoms with Crippen molar-refractivity contribution in [3.05, 3.63) is 63.6 Å². The number of hydrogen-bond donors (Lipinski definition) is 1. The third-order valence-corrected chi connectivity index (χ3v) is 5.43. The van der Waals surface area contributed by atoms with E-state index in [2.05, 4.69) is 5.32 Å². The maximum absolute atomic E-state index is 12.2. The highest BCUT2D eigenvalue weighted by atomic mass is 35.5. The van der Waals surface area contributed by atoms with Crippen molar-refractivity contribution in [1.29, 1.82) is 0 Å². The largest absolute Gasteiger partial charge is 0.341 e. The fraction of sp³-hybridized carbons (Fsp3) is 0.263. The SMILES string of the molecule is Cc1ccc(NC(=O)CSCC(=O)N(C)Cc2cccc(Cl)c2Cl)cc1. The lowest BCUT2D eigenvalue weighted by molar-refractivity contribution is -0.127. The van der Waals surface area contributed by atoms with Crippen LogP contribution in [0.2, 0.25) is 10.0 Å². The molecule has 0 heterocycles. The average Bonchev–Trinajstić information content (AvgIpc) is 2.60. The van der Waals surface area contributed by atoms with Gasteiger partial charge in [0, 0.05) is 19.3 Å². The van der Waals surface area contributed by atoms with Crippen molar-refractivity contribution in [2.24, 2.45) is 0 Å². The van der Waals surface area contributed by atoms with E-state index in [-0.39, 0.29) is 23.3 Å². The van der Waals surface area contributed by atoms with E-state index in [9.17, 15) is 9.59 Å². The molecular formula is C19H20Cl2N2O2S. The molecule has 0 saturated carbocycles. The maximum atomic E-state index is 12.2. The molecule has 0 fully saturated rings. The number of aryl methyl sites for hydroxylation is 1. The molecule has 2 amide bonds. The first-order chi connectivity index (χ1) is 12.4. The van der Waals surface area contributed by atoms with Gasteiger partial charge in [0.1, 0.15) is 0 Å². The highest BCUT2D eigenvalue weighted by molar-refractivity contribution is 8.00. The van der Waals surface area contributed by atoms with Gasteiger partial charge >= 0.3 is 0 Å². The molecule has 1 N–H and O–H groups in total. The third kappa shape index (κ3) is 6.24. The lowest BCUT2D eigenvalue weighted by atomic mass is 10.2. The topological polar surface area (TPSA) is 49.4 Å². The fourth-order valence-electron chi connectivity index (χ4n) is 2.19. The van der Waals surface area contributed by atoms with Gasteiger partial charge in [-0.05, 0) is 30.7 Å². The Morgan fingerprint density at radius 2 is 1.77 bits per heavy atom. The first-order valence-electron chi connectivity index (χ1n) is 7.98. The van der Waals surface area contributed by atoms with E-state index in [1.807, 2.05) is 37.3 Å². The van der Waals surface area contributed by atoms with Crippen LogP contribution >= 0.6 is 35.0 Å². The van der Waals surface area contributed by atoms with E-state index in [4.69, 9.17) is 23.2 Å². The molecule has 2 rings (SSSR count). The lowest BCUT2D eigenvalue weighted by Crippen LogP contribution is -2.28. The van der Waals surface area contributed by atoms with Gasteiger partial charge in [0.25, 0.3) is 0 Å². The van der Waals surface area contributed by atoms with Crippen LogP contribution < -0.4 is 5.32 Å². The average molecular weight is 411 g/mol. The molecule has 2 aromatic carbocycles. The van der Waals surface area contributed by atoms with Gasteiger partial charge in [-0.25, -0.2) is 0 Å². The number of nitrogens with zero attached hydrogens (tertiary/aromatic N) is 1. The molecule has 0 atom stereocenters. The number of amides is 2. The number of halogens is 2. The van der Waals surface area contributed by atoms with Gasteiger partial charge in [-0.3, -0.25) is 9.59 Å². The summed E-state index contributed by atoms with van der Waals surface area (Å²) in [7, 11) is 1.70. The zero-order valence-corrected chi connectivity index (χ0v) is 16.9. The number of anilines is 1. The Kier molecular flexibility index (Phi) is 7.82. The molecule has 0 aliphatic heterocycles. The van der Waals surface area contributed by atoms with Crippen LogP contribution in [0.5, 0.6) is 0 Å². The Labute approximate surface area is 167 Å². The van der Waals surface area contributed by atoms with E-state index < -0.39 is 0 Å². The molecule has 4 nitrogen and oxygen atoms in total. The van der Waals surface area contributed by atoms with Crippen LogP contribution in [0, 0.1) is 6.92 Å². The Bertz CT molecular complexity index is 782. The maximum Gasteiger partial charge on any atom is 0.234 e. The minimum Gasteiger partial charge on any atom is -0.341 e. The van der Waals surface area contributed by atoms with Gasteiger partial charge in [0.2, 0.25) is 11.8 Å². The normalized spacial score (nSPS) is 10.5. The Hall–Kier alpha value is -1.69. The summed E-state index contributed by atoms with van der Waals surface area (Å²) in [6, 6.07) is 12.9. The highest BCUT2D eigenvalue weighted by Crippen LogP contribution is 2.26. The summed E-state index contributed by atoms with van der Waals surface area (Å²) in [5, 5.41) is 3.73. The molecule has 0 aromatic heterocycles. The van der Waals surface area contributed by atoms with Crippen molar-refractivity contribution in [3.8, 4) is 0 Å². The molecule has 2 aromatic rings. The summed E-state index contributed by atoms with van der Waals surface area (Å²) in [5.41, 5.74) is 2.67. The van der Waals surface area contributed by atoms with Crippen LogP contribution in [0.3, 0.4) is 0 Å². The summed E-state index contributed by atoms with van der Waals surface area (Å²) in [4.78, 5) is 25.7. The Morgan fingerprint density at radius 3 is 2.46 bits per heavy atom. The number of thioether (sulfide) groups is 1. The smallest absolute Gasteiger partial charge is 0.234 e. The Balaban J connectivity index is 1.76. The van der Waals surface area contributed by atoms with E-state index >= 15 is 0 Å². The molecule has 0 unspecified atom stereocenters. The molecule has 0 radical (unpaired) electrons. The minimum absolute atomic E-state index is 0.0748. The number of benzene rings is 2. The first-order valence-corrected chi connectivity index (χ1v) is 9.89. The number of carbonyl (C=O) groups is 2. The van der Waals surface area contributed by atoms with Crippen molar-refractivity contribution < 1.29 is 9.59 Å². The molecule has 0 aliphatic carbocycles. The summed E-state index contributed by atoms with van der Waals surface area (Å²) >= 11 is 13.4. The minimum atomic E-state index is -0.132. The van der Waals surface area contributed by atoms with E-state index in [1.165, 1.54) is 11.8 Å². The molecule has 138 valence electrons. The van der Waals surface area contributed by atoms with Crippen LogP contribution in [-0.2, 0) is 16.1 Å². The summed E-state index contributed by atoms with van der Waals surface area (Å²) < 4.78 is 0. The summed E-state index contributed by atoms with van der Waals surface area (Å²) in [6.45, 7) is 2.36. The molecule has 0 spiro atoms. The van der Waals surface area contributed by atoms with Gasteiger partial charge in [0.15, 0.2) is 0 Å². The highest BCUT2D eigenvalue weighted by Gasteiger charge is 2.13. The van der Waals surface area contributed by atoms with Crippen molar-refractivity contribution in [2.45, 2.75) is 13.5 Å². The Morgan fingerprint density at radius 1 is 1.08 bits per heavy atom. The molecule has 0 aliphatic rings. The van der Waals surface area contributed by atoms with E-state index in [0.29, 0.717) is 16.6 Å². The van der Waals surface area contributed by atoms with E-state index in [1.54, 1.807) is 24.1 Å². The van der Waals surface area contributed by atoms with Crippen molar-refractivity contribution in [1.82, 2.24) is 4.90 Å². The number of hydrogen-bond acceptors (Lipinski definition) is 3. The summed E-state index contributed by atoms with van der Waals surface area (Å²) in [5.74, 6) is 0.225. The predicted molar refractivity (Wildman–Crippen MR) is 110 cm³/mol. The van der Waals surface area contributed by atoms with Gasteiger partial charge < -0.3 is 10.2 Å². The molecule has 0 bridgehead atoms. The number of nitrogens with one attached hydrogen (secondary N) is 1. The van der Waals surface area contributed by atoms with Gasteiger partial charge in [-0.15, -0.1) is 11.8 Å². The zero-order valence-electron chi connectivity index (χ0n) is 14.6. The van der Waals surface area contributed by atoms with Crippen molar-refractivity contribution in [2.75, 3.05) is 23.9 Å². The fourth-order valence-corrected chi connectivity index (χ4v) is 3.32. The zero-order chi connectivity index (χ0) is 19.1. The van der Waals surface area contributed by atoms with Crippen LogP contribution in [0.15, 0.2) is 42.5 Å². The quantitative estimate of drug-likeness (QED) is 0.723. The van der Waals surface area contributed by atoms with Crippen molar-refractivity contribution in [3.63, 3.8) is 0 Å². The van der Waals surface area contributed by atoms with Crippen LogP contribution in [0.25, 0.3) is 0 Å². The van der Waals surface area contributed by atoms with Crippen molar-refractivity contribution >= 4 is 52.5 Å². The summed E-state index contributed by atoms with van der Waals surface area (Å²) in [6.07, 6.45) is 0. The van der Waals surface area contributed by atoms with Crippen LogP contribution in [0.1, 0.15) is 11.1 Å². The second-order valence-corrected chi connectivity index (χ2v) is 7.64. The van der Waals surface area contributed by atoms with Crippen LogP contribution in [-0.4, -0.2) is 35.3 Å².